The molecule has 0 spiro atoms. The Hall–Kier alpha value is -1.86. The minimum Gasteiger partial charge on any atom is -0.398 e. The highest BCUT2D eigenvalue weighted by molar-refractivity contribution is 5.75. The molecule has 21 heavy (non-hydrogen) atoms. The highest BCUT2D eigenvalue weighted by Gasteiger charge is 2.13. The summed E-state index contributed by atoms with van der Waals surface area (Å²) in [6.45, 7) is 5.62. The number of nitrogens with zero attached hydrogens (tertiary/aromatic N) is 3. The van der Waals surface area contributed by atoms with Crippen LogP contribution in [0.1, 0.15) is 0 Å². The lowest BCUT2D eigenvalue weighted by Gasteiger charge is -2.32. The van der Waals surface area contributed by atoms with Crippen LogP contribution in [-0.4, -0.2) is 66.6 Å². The van der Waals surface area contributed by atoms with E-state index < -0.39 is 0 Å². The lowest BCUT2D eigenvalue weighted by molar-refractivity contribution is -0.121. The molecule has 0 atom stereocenters. The largest absolute Gasteiger partial charge is 0.398 e. The Bertz CT molecular complexity index is 534. The zero-order valence-electron chi connectivity index (χ0n) is 12.4. The molecule has 1 aromatic heterocycles. The van der Waals surface area contributed by atoms with Crippen molar-refractivity contribution in [3.05, 3.63) is 28.7 Å². The zero-order chi connectivity index (χ0) is 15.2. The van der Waals surface area contributed by atoms with Gasteiger partial charge in [-0.1, -0.05) is 0 Å². The van der Waals surface area contributed by atoms with Gasteiger partial charge in [0.15, 0.2) is 0 Å². The molecular weight excluding hydrogens is 270 g/mol. The third kappa shape index (κ3) is 4.87. The Morgan fingerprint density at radius 2 is 2.00 bits per heavy atom. The number of aromatic nitrogens is 1. The van der Waals surface area contributed by atoms with E-state index in [1.807, 2.05) is 0 Å². The van der Waals surface area contributed by atoms with Crippen molar-refractivity contribution in [3.63, 3.8) is 0 Å². The second-order valence-corrected chi connectivity index (χ2v) is 5.42. The number of pyridine rings is 1. The molecule has 7 heteroatoms. The minimum atomic E-state index is -0.224. The number of piperazine rings is 1. The molecule has 0 bridgehead atoms. The van der Waals surface area contributed by atoms with Gasteiger partial charge in [0, 0.05) is 57.2 Å². The summed E-state index contributed by atoms with van der Waals surface area (Å²) >= 11 is 0. The van der Waals surface area contributed by atoms with Gasteiger partial charge in [0.1, 0.15) is 6.54 Å². The van der Waals surface area contributed by atoms with Crippen molar-refractivity contribution >= 4 is 11.6 Å². The molecule has 0 radical (unpaired) electrons. The minimum absolute atomic E-state index is 0.00656. The summed E-state index contributed by atoms with van der Waals surface area (Å²) < 4.78 is 1.32. The first-order valence-electron chi connectivity index (χ1n) is 7.18. The van der Waals surface area contributed by atoms with Crippen LogP contribution < -0.4 is 16.6 Å². The lowest BCUT2D eigenvalue weighted by atomic mass is 10.3. The molecule has 2 heterocycles. The van der Waals surface area contributed by atoms with E-state index in [0.29, 0.717) is 12.2 Å². The molecule has 1 aliphatic rings. The summed E-state index contributed by atoms with van der Waals surface area (Å²) in [5.41, 5.74) is 5.86. The topological polar surface area (TPSA) is 83.6 Å². The molecule has 3 N–H and O–H groups in total. The van der Waals surface area contributed by atoms with Crippen molar-refractivity contribution < 1.29 is 4.79 Å². The van der Waals surface area contributed by atoms with Crippen LogP contribution >= 0.6 is 0 Å². The van der Waals surface area contributed by atoms with Gasteiger partial charge in [-0.25, -0.2) is 0 Å². The van der Waals surface area contributed by atoms with Gasteiger partial charge in [0.2, 0.25) is 5.91 Å². The van der Waals surface area contributed by atoms with Gasteiger partial charge in [-0.05, 0) is 13.1 Å². The number of likely N-dealkylation sites (N-methyl/N-ethyl adjacent to an activating group) is 1. The maximum absolute atomic E-state index is 11.8. The second-order valence-electron chi connectivity index (χ2n) is 5.42. The van der Waals surface area contributed by atoms with Gasteiger partial charge in [0.25, 0.3) is 5.56 Å². The van der Waals surface area contributed by atoms with Crippen LogP contribution in [0.3, 0.4) is 0 Å². The number of amides is 1. The summed E-state index contributed by atoms with van der Waals surface area (Å²) in [6.07, 6.45) is 1.49. The fraction of sp³-hybridized carbons (Fsp3) is 0.571. The zero-order valence-corrected chi connectivity index (χ0v) is 12.4. The molecule has 116 valence electrons. The molecule has 2 rings (SSSR count). The molecule has 0 saturated carbocycles. The van der Waals surface area contributed by atoms with Crippen molar-refractivity contribution in [1.29, 1.82) is 0 Å². The second kappa shape index (κ2) is 7.24. The van der Waals surface area contributed by atoms with E-state index in [9.17, 15) is 9.59 Å². The maximum atomic E-state index is 11.8. The first kappa shape index (κ1) is 15.5. The molecule has 1 amide bonds. The number of hydrogen-bond donors (Lipinski definition) is 2. The summed E-state index contributed by atoms with van der Waals surface area (Å²) in [4.78, 5) is 28.0. The van der Waals surface area contributed by atoms with Gasteiger partial charge < -0.3 is 20.5 Å². The number of nitrogen functional groups attached to an aromatic ring is 1. The maximum Gasteiger partial charge on any atom is 0.251 e. The van der Waals surface area contributed by atoms with E-state index in [-0.39, 0.29) is 18.0 Å². The monoisotopic (exact) mass is 293 g/mol. The van der Waals surface area contributed by atoms with Crippen molar-refractivity contribution in [2.75, 3.05) is 52.0 Å². The number of carbonyl (C=O) groups is 1. The average molecular weight is 293 g/mol. The quantitative estimate of drug-likeness (QED) is 0.712. The van der Waals surface area contributed by atoms with E-state index in [1.165, 1.54) is 22.9 Å². The first-order chi connectivity index (χ1) is 10.0. The summed E-state index contributed by atoms with van der Waals surface area (Å²) in [7, 11) is 2.11. The van der Waals surface area contributed by atoms with Crippen LogP contribution in [0.2, 0.25) is 0 Å². The van der Waals surface area contributed by atoms with Crippen molar-refractivity contribution in [3.8, 4) is 0 Å². The van der Waals surface area contributed by atoms with E-state index in [0.717, 1.165) is 32.7 Å². The van der Waals surface area contributed by atoms with Crippen LogP contribution in [0.25, 0.3) is 0 Å². The Morgan fingerprint density at radius 1 is 1.29 bits per heavy atom. The molecule has 0 unspecified atom stereocenters. The van der Waals surface area contributed by atoms with E-state index in [1.54, 1.807) is 0 Å². The van der Waals surface area contributed by atoms with Gasteiger partial charge in [-0.15, -0.1) is 0 Å². The standard InChI is InChI=1S/C14H23N5O2/c1-17-6-8-18(9-7-17)5-4-16-13(20)11-19-10-12(15)2-3-14(19)21/h2-3,10H,4-9,11,15H2,1H3,(H,16,20). The van der Waals surface area contributed by atoms with Crippen LogP contribution in [0.15, 0.2) is 23.1 Å². The van der Waals surface area contributed by atoms with Crippen LogP contribution in [0, 0.1) is 0 Å². The van der Waals surface area contributed by atoms with Gasteiger partial charge in [-0.2, -0.15) is 0 Å². The predicted molar refractivity (Wildman–Crippen MR) is 82.1 cm³/mol. The molecule has 1 fully saturated rings. The SMILES string of the molecule is CN1CCN(CCNC(=O)Cn2cc(N)ccc2=O)CC1. The predicted octanol–water partition coefficient (Wildman–Crippen LogP) is -1.21. The number of nitrogens with two attached hydrogens (primary N) is 1. The fourth-order valence-corrected chi connectivity index (χ4v) is 2.31. The highest BCUT2D eigenvalue weighted by Crippen LogP contribution is 1.98. The van der Waals surface area contributed by atoms with E-state index in [2.05, 4.69) is 22.2 Å². The number of nitrogens with one attached hydrogen (secondary N) is 1. The van der Waals surface area contributed by atoms with Crippen molar-refractivity contribution in [1.82, 2.24) is 19.7 Å². The number of anilines is 1. The van der Waals surface area contributed by atoms with Gasteiger partial charge in [0.05, 0.1) is 0 Å². The number of rotatable bonds is 5. The molecule has 7 nitrogen and oxygen atoms in total. The third-order valence-electron chi connectivity index (χ3n) is 3.67. The summed E-state index contributed by atoms with van der Waals surface area (Å²) in [5, 5.41) is 2.84. The normalized spacial score (nSPS) is 16.8. The first-order valence-corrected chi connectivity index (χ1v) is 7.18. The van der Waals surface area contributed by atoms with E-state index >= 15 is 0 Å². The number of carbonyl (C=O) groups excluding carboxylic acids is 1. The molecular formula is C14H23N5O2. The third-order valence-corrected chi connectivity index (χ3v) is 3.67. The Morgan fingerprint density at radius 3 is 2.71 bits per heavy atom. The molecule has 0 aliphatic carbocycles. The lowest BCUT2D eigenvalue weighted by Crippen LogP contribution is -2.47. The van der Waals surface area contributed by atoms with E-state index in [4.69, 9.17) is 5.73 Å². The molecule has 1 saturated heterocycles. The Kier molecular flexibility index (Phi) is 5.35. The molecule has 1 aliphatic heterocycles. The molecule has 0 aromatic carbocycles. The molecule has 1 aromatic rings. The van der Waals surface area contributed by atoms with Crippen LogP contribution in [0.4, 0.5) is 5.69 Å². The highest BCUT2D eigenvalue weighted by atomic mass is 16.2. The Labute approximate surface area is 124 Å². The van der Waals surface area contributed by atoms with Gasteiger partial charge >= 0.3 is 0 Å². The van der Waals surface area contributed by atoms with Gasteiger partial charge in [-0.3, -0.25) is 14.5 Å². The van der Waals surface area contributed by atoms with Crippen LogP contribution in [-0.2, 0) is 11.3 Å². The average Bonchev–Trinajstić information content (AvgIpc) is 2.45. The van der Waals surface area contributed by atoms with Crippen LogP contribution in [0.5, 0.6) is 0 Å². The van der Waals surface area contributed by atoms with Crippen molar-refractivity contribution in [2.45, 2.75) is 6.54 Å². The number of hydrogen-bond acceptors (Lipinski definition) is 5. The Balaban J connectivity index is 1.72. The summed E-state index contributed by atoms with van der Waals surface area (Å²) in [6, 6.07) is 2.90. The summed E-state index contributed by atoms with van der Waals surface area (Å²) in [5.74, 6) is -0.170. The fourth-order valence-electron chi connectivity index (χ4n) is 2.31. The smallest absolute Gasteiger partial charge is 0.251 e. The van der Waals surface area contributed by atoms with Crippen molar-refractivity contribution in [2.24, 2.45) is 0 Å².